The van der Waals surface area contributed by atoms with Crippen LogP contribution in [0.2, 0.25) is 18.1 Å². The number of rotatable bonds is 2. The molecule has 0 aromatic rings. The molecule has 0 bridgehead atoms. The molecule has 140 valence electrons. The van der Waals surface area contributed by atoms with Gasteiger partial charge in [0, 0.05) is 0 Å². The molecule has 5 nitrogen and oxygen atoms in total. The van der Waals surface area contributed by atoms with E-state index in [-0.39, 0.29) is 22.4 Å². The Hall–Kier alpha value is -0.883. The molecule has 24 heavy (non-hydrogen) atoms. The predicted molar refractivity (Wildman–Crippen MR) is 98.4 cm³/mol. The van der Waals surface area contributed by atoms with E-state index in [0.717, 1.165) is 0 Å². The van der Waals surface area contributed by atoms with Gasteiger partial charge in [-0.2, -0.15) is 0 Å². The summed E-state index contributed by atoms with van der Waals surface area (Å²) in [7, 11) is -2.11. The number of carbonyl (C=O) groups excluding carboxylic acids is 2. The molecule has 1 heterocycles. The van der Waals surface area contributed by atoms with Crippen molar-refractivity contribution in [2.45, 2.75) is 98.2 Å². The highest BCUT2D eigenvalue weighted by molar-refractivity contribution is 6.74. The fraction of sp³-hybridized carbons (Fsp3) is 0.889. The molecule has 1 aliphatic heterocycles. The van der Waals surface area contributed by atoms with E-state index in [9.17, 15) is 9.59 Å². The van der Waals surface area contributed by atoms with Crippen molar-refractivity contribution in [3.63, 3.8) is 0 Å². The van der Waals surface area contributed by atoms with Gasteiger partial charge in [0.25, 0.3) is 5.91 Å². The van der Waals surface area contributed by atoms with Crippen LogP contribution in [-0.4, -0.2) is 43.0 Å². The average Bonchev–Trinajstić information content (AvgIpc) is 2.26. The van der Waals surface area contributed by atoms with Crippen LogP contribution in [0.4, 0.5) is 4.79 Å². The Balaban J connectivity index is 3.06. The van der Waals surface area contributed by atoms with Crippen molar-refractivity contribution in [2.24, 2.45) is 5.41 Å². The summed E-state index contributed by atoms with van der Waals surface area (Å²) in [4.78, 5) is 26.4. The molecule has 1 rings (SSSR count). The first-order valence-electron chi connectivity index (χ1n) is 8.62. The van der Waals surface area contributed by atoms with Crippen LogP contribution in [0.1, 0.15) is 62.3 Å². The summed E-state index contributed by atoms with van der Waals surface area (Å²) in [5.74, 6) is -0.283. The van der Waals surface area contributed by atoms with Crippen LogP contribution < -0.4 is 0 Å². The molecular formula is C18H35NO4Si. The standard InChI is InChI=1S/C18H35NO4Si/c1-16(2,3)13-12(23-24(10,11)18(7,8)9)14(20)19(13)15(21)22-17(4,5)6/h12-13H,1-11H3/t12-,13-/m1/s1. The van der Waals surface area contributed by atoms with Crippen molar-refractivity contribution in [1.82, 2.24) is 4.90 Å². The first kappa shape index (κ1) is 21.2. The summed E-state index contributed by atoms with van der Waals surface area (Å²) in [5, 5.41) is 0.00204. The Morgan fingerprint density at radius 3 is 1.79 bits per heavy atom. The SMILES string of the molecule is CC(C)(C)OC(=O)N1C(=O)[C@H](O[Si](C)(C)C(C)(C)C)[C@@H]1C(C)(C)C. The Kier molecular flexibility index (Phi) is 5.40. The first-order valence-corrected chi connectivity index (χ1v) is 11.5. The molecular weight excluding hydrogens is 322 g/mol. The molecule has 0 radical (unpaired) electrons. The number of β-lactam (4-membered cyclic amide) rings is 1. The lowest BCUT2D eigenvalue weighted by Crippen LogP contribution is -2.73. The van der Waals surface area contributed by atoms with Crippen molar-refractivity contribution < 1.29 is 18.8 Å². The molecule has 0 spiro atoms. The topological polar surface area (TPSA) is 55.8 Å². The maximum atomic E-state index is 12.7. The summed E-state index contributed by atoms with van der Waals surface area (Å²) in [5.41, 5.74) is -0.914. The second kappa shape index (κ2) is 6.13. The molecule has 6 heteroatoms. The molecule has 0 unspecified atom stereocenters. The highest BCUT2D eigenvalue weighted by Gasteiger charge is 2.59. The van der Waals surface area contributed by atoms with Crippen LogP contribution in [-0.2, 0) is 14.0 Å². The minimum atomic E-state index is -2.11. The molecule has 0 aromatic heterocycles. The summed E-state index contributed by atoms with van der Waals surface area (Å²) in [6.45, 7) is 22.1. The van der Waals surface area contributed by atoms with E-state index >= 15 is 0 Å². The van der Waals surface area contributed by atoms with Gasteiger partial charge in [-0.1, -0.05) is 41.5 Å². The Morgan fingerprint density at radius 2 is 1.46 bits per heavy atom. The van der Waals surface area contributed by atoms with Crippen molar-refractivity contribution in [1.29, 1.82) is 0 Å². The number of hydrogen-bond acceptors (Lipinski definition) is 4. The Bertz CT molecular complexity index is 509. The summed E-state index contributed by atoms with van der Waals surface area (Å²) >= 11 is 0. The van der Waals surface area contributed by atoms with E-state index in [4.69, 9.17) is 9.16 Å². The van der Waals surface area contributed by atoms with Gasteiger partial charge in [0.05, 0.1) is 6.04 Å². The largest absolute Gasteiger partial charge is 0.443 e. The van der Waals surface area contributed by atoms with Crippen LogP contribution in [0.25, 0.3) is 0 Å². The van der Waals surface area contributed by atoms with Gasteiger partial charge >= 0.3 is 6.09 Å². The highest BCUT2D eigenvalue weighted by Crippen LogP contribution is 2.43. The molecule has 1 fully saturated rings. The van der Waals surface area contributed by atoms with Gasteiger partial charge in [-0.05, 0) is 44.3 Å². The molecule has 0 aromatic carbocycles. The number of nitrogens with zero attached hydrogens (tertiary/aromatic N) is 1. The first-order chi connectivity index (χ1) is 10.4. The second-order valence-corrected chi connectivity index (χ2v) is 15.1. The lowest BCUT2D eigenvalue weighted by atomic mass is 9.77. The van der Waals surface area contributed by atoms with E-state index in [1.807, 2.05) is 20.8 Å². The van der Waals surface area contributed by atoms with Gasteiger partial charge < -0.3 is 9.16 Å². The quantitative estimate of drug-likeness (QED) is 0.536. The zero-order valence-corrected chi connectivity index (χ0v) is 18.2. The third-order valence-electron chi connectivity index (χ3n) is 4.75. The average molecular weight is 358 g/mol. The summed E-state index contributed by atoms with van der Waals surface area (Å²) < 4.78 is 11.7. The smallest absolute Gasteiger partial charge is 0.417 e. The number of imide groups is 1. The van der Waals surface area contributed by atoms with Crippen molar-refractivity contribution in [2.75, 3.05) is 0 Å². The van der Waals surface area contributed by atoms with Gasteiger partial charge in [-0.3, -0.25) is 4.79 Å². The van der Waals surface area contributed by atoms with Crippen LogP contribution in [0.15, 0.2) is 0 Å². The van der Waals surface area contributed by atoms with E-state index in [2.05, 4.69) is 33.9 Å². The van der Waals surface area contributed by atoms with E-state index < -0.39 is 26.1 Å². The monoisotopic (exact) mass is 357 g/mol. The summed E-state index contributed by atoms with van der Waals surface area (Å²) in [6, 6.07) is -0.311. The molecule has 2 amide bonds. The molecule has 1 aliphatic rings. The zero-order chi connectivity index (χ0) is 19.3. The fourth-order valence-electron chi connectivity index (χ4n) is 2.43. The van der Waals surface area contributed by atoms with Crippen molar-refractivity contribution in [3.05, 3.63) is 0 Å². The number of likely N-dealkylation sites (tertiary alicyclic amines) is 1. The minimum Gasteiger partial charge on any atom is -0.443 e. The van der Waals surface area contributed by atoms with Gasteiger partial charge in [-0.25, -0.2) is 9.69 Å². The van der Waals surface area contributed by atoms with Gasteiger partial charge in [-0.15, -0.1) is 0 Å². The Labute approximate surface area is 148 Å². The van der Waals surface area contributed by atoms with Gasteiger partial charge in [0.1, 0.15) is 11.7 Å². The van der Waals surface area contributed by atoms with Crippen molar-refractivity contribution >= 4 is 20.3 Å². The van der Waals surface area contributed by atoms with Gasteiger partial charge in [0.15, 0.2) is 8.32 Å². The lowest BCUT2D eigenvalue weighted by molar-refractivity contribution is -0.170. The number of ether oxygens (including phenoxy) is 1. The third-order valence-corrected chi connectivity index (χ3v) is 9.21. The maximum Gasteiger partial charge on any atom is 0.417 e. The highest BCUT2D eigenvalue weighted by atomic mass is 28.4. The fourth-order valence-corrected chi connectivity index (χ4v) is 3.65. The van der Waals surface area contributed by atoms with Crippen LogP contribution in [0.5, 0.6) is 0 Å². The van der Waals surface area contributed by atoms with Gasteiger partial charge in [0.2, 0.25) is 0 Å². The molecule has 0 aliphatic carbocycles. The predicted octanol–water partition coefficient (Wildman–Crippen LogP) is 4.57. The van der Waals surface area contributed by atoms with E-state index in [0.29, 0.717) is 0 Å². The zero-order valence-electron chi connectivity index (χ0n) is 17.2. The number of carbonyl (C=O) groups is 2. The number of amides is 2. The van der Waals surface area contributed by atoms with Crippen LogP contribution in [0, 0.1) is 5.41 Å². The molecule has 0 N–H and O–H groups in total. The van der Waals surface area contributed by atoms with Crippen molar-refractivity contribution in [3.8, 4) is 0 Å². The maximum absolute atomic E-state index is 12.7. The lowest BCUT2D eigenvalue weighted by Gasteiger charge is -2.54. The Morgan fingerprint density at radius 1 is 1.00 bits per heavy atom. The second-order valence-electron chi connectivity index (χ2n) is 10.3. The normalized spacial score (nSPS) is 23.1. The van der Waals surface area contributed by atoms with E-state index in [1.165, 1.54) is 4.90 Å². The molecule has 1 saturated heterocycles. The van der Waals surface area contributed by atoms with Crippen LogP contribution >= 0.6 is 0 Å². The molecule has 2 atom stereocenters. The minimum absolute atomic E-state index is 0.00204. The molecule has 0 saturated carbocycles. The number of hydrogen-bond donors (Lipinski definition) is 0. The van der Waals surface area contributed by atoms with E-state index in [1.54, 1.807) is 20.8 Å². The third kappa shape index (κ3) is 4.39. The van der Waals surface area contributed by atoms with Crippen LogP contribution in [0.3, 0.4) is 0 Å². The summed E-state index contributed by atoms with van der Waals surface area (Å²) in [6.07, 6.45) is -1.15.